The molecular weight excluding hydrogens is 305 g/mol. The minimum Gasteiger partial charge on any atom is -0.510 e. The summed E-state index contributed by atoms with van der Waals surface area (Å²) in [7, 11) is 1.52. The second kappa shape index (κ2) is 12.1. The van der Waals surface area contributed by atoms with E-state index in [2.05, 4.69) is 21.1 Å². The molecule has 7 N–H and O–H groups in total. The van der Waals surface area contributed by atoms with Crippen LogP contribution in [-0.2, 0) is 4.57 Å². The lowest BCUT2D eigenvalue weighted by Gasteiger charge is -2.21. The van der Waals surface area contributed by atoms with E-state index in [0.29, 0.717) is 5.57 Å². The standard InChI is InChI=1S/C6H12O3.C5H14NO.H3O4P/c1-4(2)6(9)5(8)3-7;1-6(2,3)4-5-7;1-5(2,3)4/h5,7-9H,3H2,1-2H3;7H,4-5H2,1-3H3;(H3,1,2,3,4)/q;+1;. The number of nitrogens with zero attached hydrogens (tertiary/aromatic N) is 1. The molecule has 21 heavy (non-hydrogen) atoms. The van der Waals surface area contributed by atoms with Crippen LogP contribution in [0.3, 0.4) is 0 Å². The summed E-state index contributed by atoms with van der Waals surface area (Å²) in [4.78, 5) is 21.6. The normalized spacial score (nSPS) is 12.3. The predicted molar refractivity (Wildman–Crippen MR) is 78.3 cm³/mol. The maximum atomic E-state index is 8.88. The molecule has 0 saturated heterocycles. The first-order chi connectivity index (χ1) is 9.15. The average Bonchev–Trinajstić information content (AvgIpc) is 2.23. The minimum atomic E-state index is -4.64. The largest absolute Gasteiger partial charge is 0.510 e. The second-order valence-corrected chi connectivity index (χ2v) is 6.36. The molecule has 0 aliphatic carbocycles. The van der Waals surface area contributed by atoms with Crippen molar-refractivity contribution in [1.82, 2.24) is 0 Å². The molecular formula is C11H29NO8P+. The molecule has 0 heterocycles. The molecule has 0 saturated carbocycles. The van der Waals surface area contributed by atoms with Gasteiger partial charge in [-0.15, -0.1) is 0 Å². The van der Waals surface area contributed by atoms with E-state index >= 15 is 0 Å². The molecule has 1 unspecified atom stereocenters. The fourth-order valence-electron chi connectivity index (χ4n) is 0.720. The molecule has 130 valence electrons. The predicted octanol–water partition coefficient (Wildman–Crippen LogP) is -1.05. The Morgan fingerprint density at radius 3 is 1.48 bits per heavy atom. The van der Waals surface area contributed by atoms with Gasteiger partial charge in [0, 0.05) is 0 Å². The third-order valence-corrected chi connectivity index (χ3v) is 1.77. The van der Waals surface area contributed by atoms with E-state index in [9.17, 15) is 0 Å². The van der Waals surface area contributed by atoms with Crippen molar-refractivity contribution in [2.24, 2.45) is 0 Å². The van der Waals surface area contributed by atoms with Gasteiger partial charge in [0.15, 0.2) is 0 Å². The van der Waals surface area contributed by atoms with E-state index in [1.807, 2.05) is 0 Å². The van der Waals surface area contributed by atoms with Gasteiger partial charge >= 0.3 is 7.82 Å². The maximum absolute atomic E-state index is 8.88. The van der Waals surface area contributed by atoms with Crippen molar-refractivity contribution < 1.29 is 44.2 Å². The number of hydrogen-bond donors (Lipinski definition) is 7. The Bertz CT molecular complexity index is 321. The quantitative estimate of drug-likeness (QED) is 0.195. The summed E-state index contributed by atoms with van der Waals surface area (Å²) in [5.41, 5.74) is 0.622. The molecule has 10 heteroatoms. The number of aliphatic hydroxyl groups is 4. The van der Waals surface area contributed by atoms with Gasteiger partial charge in [-0.3, -0.25) is 0 Å². The topological polar surface area (TPSA) is 159 Å². The van der Waals surface area contributed by atoms with Gasteiger partial charge in [0.1, 0.15) is 18.4 Å². The highest BCUT2D eigenvalue weighted by Gasteiger charge is 2.07. The number of quaternary nitrogens is 1. The lowest BCUT2D eigenvalue weighted by Crippen LogP contribution is -2.36. The summed E-state index contributed by atoms with van der Waals surface area (Å²) in [6.07, 6.45) is -1.12. The van der Waals surface area contributed by atoms with Crippen LogP contribution in [0.1, 0.15) is 13.8 Å². The van der Waals surface area contributed by atoms with Crippen molar-refractivity contribution in [1.29, 1.82) is 0 Å². The Morgan fingerprint density at radius 2 is 1.43 bits per heavy atom. The smallest absolute Gasteiger partial charge is 0.466 e. The van der Waals surface area contributed by atoms with Crippen LogP contribution in [0.15, 0.2) is 11.3 Å². The number of allylic oxidation sites excluding steroid dienone is 1. The average molecular weight is 334 g/mol. The zero-order valence-electron chi connectivity index (χ0n) is 13.1. The number of hydrogen-bond acceptors (Lipinski definition) is 5. The van der Waals surface area contributed by atoms with Gasteiger partial charge in [0.05, 0.1) is 34.4 Å². The van der Waals surface area contributed by atoms with Crippen molar-refractivity contribution in [3.8, 4) is 0 Å². The van der Waals surface area contributed by atoms with E-state index in [1.165, 1.54) is 0 Å². The van der Waals surface area contributed by atoms with Crippen LogP contribution >= 0.6 is 7.82 Å². The number of aliphatic hydroxyl groups excluding tert-OH is 4. The van der Waals surface area contributed by atoms with Gasteiger partial charge in [-0.1, -0.05) is 0 Å². The summed E-state index contributed by atoms with van der Waals surface area (Å²) in [6.45, 7) is 4.00. The third-order valence-electron chi connectivity index (χ3n) is 1.77. The zero-order valence-corrected chi connectivity index (χ0v) is 14.0. The van der Waals surface area contributed by atoms with Gasteiger partial charge < -0.3 is 39.6 Å². The van der Waals surface area contributed by atoms with E-state index in [4.69, 9.17) is 39.7 Å². The fourth-order valence-corrected chi connectivity index (χ4v) is 0.720. The first-order valence-electron chi connectivity index (χ1n) is 6.00. The lowest BCUT2D eigenvalue weighted by molar-refractivity contribution is -0.870. The van der Waals surface area contributed by atoms with E-state index in [-0.39, 0.29) is 12.4 Å². The highest BCUT2D eigenvalue weighted by atomic mass is 31.2. The van der Waals surface area contributed by atoms with Crippen LogP contribution < -0.4 is 0 Å². The molecule has 1 atom stereocenters. The molecule has 0 amide bonds. The molecule has 0 aliphatic heterocycles. The van der Waals surface area contributed by atoms with Gasteiger partial charge in [-0.2, -0.15) is 0 Å². The van der Waals surface area contributed by atoms with Gasteiger partial charge in [-0.05, 0) is 19.4 Å². The first kappa shape index (κ1) is 25.4. The third kappa shape index (κ3) is 32.8. The molecule has 0 aliphatic rings. The lowest BCUT2D eigenvalue weighted by atomic mass is 10.2. The van der Waals surface area contributed by atoms with Crippen molar-refractivity contribution in [3.05, 3.63) is 11.3 Å². The van der Waals surface area contributed by atoms with Crippen LogP contribution in [0.2, 0.25) is 0 Å². The van der Waals surface area contributed by atoms with Gasteiger partial charge in [-0.25, -0.2) is 4.57 Å². The molecule has 0 aromatic carbocycles. The highest BCUT2D eigenvalue weighted by Crippen LogP contribution is 2.25. The highest BCUT2D eigenvalue weighted by molar-refractivity contribution is 7.45. The summed E-state index contributed by atoms with van der Waals surface area (Å²) < 4.78 is 9.73. The van der Waals surface area contributed by atoms with Gasteiger partial charge in [0.2, 0.25) is 0 Å². The summed E-state index contributed by atoms with van der Waals surface area (Å²) in [6, 6.07) is 0. The summed E-state index contributed by atoms with van der Waals surface area (Å²) in [5, 5.41) is 34.3. The fraction of sp³-hybridized carbons (Fsp3) is 0.818. The van der Waals surface area contributed by atoms with Crippen molar-refractivity contribution in [2.75, 3.05) is 40.9 Å². The van der Waals surface area contributed by atoms with Crippen LogP contribution in [0.5, 0.6) is 0 Å². The first-order valence-corrected chi connectivity index (χ1v) is 7.57. The van der Waals surface area contributed by atoms with E-state index in [0.717, 1.165) is 11.0 Å². The molecule has 0 bridgehead atoms. The Hall–Kier alpha value is -0.510. The monoisotopic (exact) mass is 334 g/mol. The maximum Gasteiger partial charge on any atom is 0.466 e. The molecule has 0 spiro atoms. The SMILES string of the molecule is CC(C)=C(O)C(O)CO.C[N+](C)(C)CCO.O=P(O)(O)O. The molecule has 0 aromatic rings. The Morgan fingerprint density at radius 1 is 1.10 bits per heavy atom. The van der Waals surface area contributed by atoms with Crippen molar-refractivity contribution in [2.45, 2.75) is 20.0 Å². The van der Waals surface area contributed by atoms with E-state index < -0.39 is 20.5 Å². The number of rotatable bonds is 4. The van der Waals surface area contributed by atoms with E-state index in [1.54, 1.807) is 13.8 Å². The van der Waals surface area contributed by atoms with Crippen LogP contribution in [0.4, 0.5) is 0 Å². The Balaban J connectivity index is -0.000000242. The van der Waals surface area contributed by atoms with Crippen LogP contribution in [0, 0.1) is 0 Å². The molecule has 0 rings (SSSR count). The molecule has 0 radical (unpaired) electrons. The Kier molecular flexibility index (Phi) is 14.6. The number of likely N-dealkylation sites (N-methyl/N-ethyl adjacent to an activating group) is 1. The summed E-state index contributed by atoms with van der Waals surface area (Å²) >= 11 is 0. The Labute approximate surface area is 125 Å². The number of phosphoric acid groups is 1. The molecule has 9 nitrogen and oxygen atoms in total. The molecule has 0 aromatic heterocycles. The van der Waals surface area contributed by atoms with Crippen LogP contribution in [-0.4, -0.2) is 86.6 Å². The van der Waals surface area contributed by atoms with Crippen molar-refractivity contribution in [3.63, 3.8) is 0 Å². The van der Waals surface area contributed by atoms with Gasteiger partial charge in [0.25, 0.3) is 0 Å². The summed E-state index contributed by atoms with van der Waals surface area (Å²) in [5.74, 6) is -0.141. The minimum absolute atomic E-state index is 0.141. The second-order valence-electron chi connectivity index (χ2n) is 5.33. The zero-order chi connectivity index (χ0) is 17.9. The van der Waals surface area contributed by atoms with Crippen molar-refractivity contribution >= 4 is 7.82 Å². The van der Waals surface area contributed by atoms with Crippen LogP contribution in [0.25, 0.3) is 0 Å². The molecule has 0 fully saturated rings.